The van der Waals surface area contributed by atoms with E-state index in [0.29, 0.717) is 5.92 Å². The summed E-state index contributed by atoms with van der Waals surface area (Å²) in [6, 6.07) is 1.96. The van der Waals surface area contributed by atoms with Gasteiger partial charge in [-0.1, -0.05) is 20.8 Å². The third kappa shape index (κ3) is 2.11. The second-order valence-corrected chi connectivity index (χ2v) is 4.40. The van der Waals surface area contributed by atoms with Gasteiger partial charge in [-0.05, 0) is 5.92 Å². The quantitative estimate of drug-likeness (QED) is 0.806. The minimum Gasteiger partial charge on any atom is -0.312 e. The summed E-state index contributed by atoms with van der Waals surface area (Å²) in [7, 11) is 0. The van der Waals surface area contributed by atoms with Gasteiger partial charge in [0, 0.05) is 13.0 Å². The van der Waals surface area contributed by atoms with E-state index in [2.05, 4.69) is 40.3 Å². The van der Waals surface area contributed by atoms with Crippen molar-refractivity contribution in [1.29, 1.82) is 5.26 Å². The molecule has 0 radical (unpaired) electrons. The average molecular weight is 229 g/mol. The van der Waals surface area contributed by atoms with Crippen molar-refractivity contribution in [2.45, 2.75) is 33.7 Å². The van der Waals surface area contributed by atoms with Gasteiger partial charge in [0.1, 0.15) is 17.4 Å². The number of rotatable bonds is 3. The highest BCUT2D eigenvalue weighted by atomic mass is 15.1. The maximum atomic E-state index is 8.83. The fourth-order valence-corrected chi connectivity index (χ4v) is 1.85. The van der Waals surface area contributed by atoms with Gasteiger partial charge in [-0.25, -0.2) is 9.97 Å². The average Bonchev–Trinajstić information content (AvgIpc) is 2.66. The van der Waals surface area contributed by atoms with Crippen molar-refractivity contribution < 1.29 is 0 Å². The molecule has 2 rings (SSSR count). The molecule has 88 valence electrons. The first-order valence-electron chi connectivity index (χ1n) is 5.78. The minimum atomic E-state index is 0.199. The van der Waals surface area contributed by atoms with E-state index in [1.165, 1.54) is 0 Å². The summed E-state index contributed by atoms with van der Waals surface area (Å²) in [5.74, 6) is 1.71. The van der Waals surface area contributed by atoms with Crippen molar-refractivity contribution in [1.82, 2.24) is 19.5 Å². The zero-order chi connectivity index (χ0) is 12.4. The van der Waals surface area contributed by atoms with Crippen molar-refractivity contribution in [3.63, 3.8) is 0 Å². The number of fused-ring (bicyclic) bond motifs is 1. The first-order valence-corrected chi connectivity index (χ1v) is 5.78. The molecule has 2 aromatic rings. The molecule has 0 atom stereocenters. The third-order valence-corrected chi connectivity index (χ3v) is 2.53. The van der Waals surface area contributed by atoms with Crippen LogP contribution in [0, 0.1) is 17.2 Å². The first kappa shape index (κ1) is 11.5. The van der Waals surface area contributed by atoms with Crippen molar-refractivity contribution in [3.8, 4) is 6.07 Å². The molecule has 0 aliphatic carbocycles. The molecule has 5 nitrogen and oxygen atoms in total. The zero-order valence-corrected chi connectivity index (χ0v) is 10.3. The molecule has 0 aromatic carbocycles. The Labute approximate surface area is 100 Å². The van der Waals surface area contributed by atoms with Crippen LogP contribution in [-0.2, 0) is 13.0 Å². The summed E-state index contributed by atoms with van der Waals surface area (Å²) >= 11 is 0. The lowest BCUT2D eigenvalue weighted by Crippen LogP contribution is -2.09. The molecule has 2 aromatic heterocycles. The monoisotopic (exact) mass is 229 g/mol. The van der Waals surface area contributed by atoms with E-state index in [0.717, 1.165) is 30.0 Å². The Bertz CT molecular complexity index is 576. The molecule has 0 saturated heterocycles. The molecule has 5 heteroatoms. The van der Waals surface area contributed by atoms with E-state index < -0.39 is 0 Å². The van der Waals surface area contributed by atoms with E-state index in [1.807, 2.05) is 6.07 Å². The molecule has 2 heterocycles. The number of hydrogen-bond acceptors (Lipinski definition) is 4. The number of aromatic nitrogens is 4. The van der Waals surface area contributed by atoms with Crippen LogP contribution in [0.5, 0.6) is 0 Å². The van der Waals surface area contributed by atoms with Gasteiger partial charge >= 0.3 is 0 Å². The molecule has 0 aliphatic rings. The van der Waals surface area contributed by atoms with Crippen LogP contribution in [0.3, 0.4) is 0 Å². The summed E-state index contributed by atoms with van der Waals surface area (Å²) in [5.41, 5.74) is 1.53. The smallest absolute Gasteiger partial charge is 0.234 e. The summed E-state index contributed by atoms with van der Waals surface area (Å²) < 4.78 is 2.09. The topological polar surface area (TPSA) is 67.4 Å². The van der Waals surface area contributed by atoms with Crippen LogP contribution < -0.4 is 0 Å². The second-order valence-electron chi connectivity index (χ2n) is 4.40. The third-order valence-electron chi connectivity index (χ3n) is 2.53. The Morgan fingerprint density at radius 2 is 2.18 bits per heavy atom. The largest absolute Gasteiger partial charge is 0.312 e. The van der Waals surface area contributed by atoms with Crippen LogP contribution in [0.25, 0.3) is 11.2 Å². The first-order chi connectivity index (χ1) is 8.15. The minimum absolute atomic E-state index is 0.199. The second kappa shape index (κ2) is 4.50. The lowest BCUT2D eigenvalue weighted by Gasteiger charge is -2.09. The molecule has 0 N–H and O–H groups in total. The van der Waals surface area contributed by atoms with Crippen molar-refractivity contribution in [2.24, 2.45) is 5.92 Å². The summed E-state index contributed by atoms with van der Waals surface area (Å²) in [6.07, 6.45) is 2.47. The number of nitriles is 1. The van der Waals surface area contributed by atoms with Crippen LogP contribution in [0.2, 0.25) is 0 Å². The standard InChI is InChI=1S/C12H15N5/c1-4-11-15-9-6-14-10(5-13)16-12(9)17(11)7-8(2)3/h6,8H,4,7H2,1-3H3. The zero-order valence-electron chi connectivity index (χ0n) is 10.3. The van der Waals surface area contributed by atoms with Crippen LogP contribution in [0.4, 0.5) is 0 Å². The molecule has 0 spiro atoms. The summed E-state index contributed by atoms with van der Waals surface area (Å²) in [5, 5.41) is 8.83. The molecular formula is C12H15N5. The Hall–Kier alpha value is -1.96. The maximum Gasteiger partial charge on any atom is 0.234 e. The summed E-state index contributed by atoms with van der Waals surface area (Å²) in [6.45, 7) is 7.23. The summed E-state index contributed by atoms with van der Waals surface area (Å²) in [4.78, 5) is 12.7. The van der Waals surface area contributed by atoms with E-state index in [4.69, 9.17) is 5.26 Å². The van der Waals surface area contributed by atoms with Gasteiger partial charge in [-0.2, -0.15) is 10.2 Å². The van der Waals surface area contributed by atoms with Gasteiger partial charge in [0.05, 0.1) is 6.20 Å². The molecule has 0 amide bonds. The van der Waals surface area contributed by atoms with Gasteiger partial charge in [-0.15, -0.1) is 0 Å². The highest BCUT2D eigenvalue weighted by Crippen LogP contribution is 2.16. The lowest BCUT2D eigenvalue weighted by atomic mass is 10.2. The van der Waals surface area contributed by atoms with Crippen LogP contribution in [0.15, 0.2) is 6.20 Å². The predicted molar refractivity (Wildman–Crippen MR) is 64.3 cm³/mol. The van der Waals surface area contributed by atoms with Crippen molar-refractivity contribution in [2.75, 3.05) is 0 Å². The van der Waals surface area contributed by atoms with Gasteiger partial charge in [-0.3, -0.25) is 0 Å². The van der Waals surface area contributed by atoms with Crippen molar-refractivity contribution in [3.05, 3.63) is 17.8 Å². The fraction of sp³-hybridized carbons (Fsp3) is 0.500. The van der Waals surface area contributed by atoms with E-state index in [1.54, 1.807) is 6.20 Å². The van der Waals surface area contributed by atoms with E-state index in [9.17, 15) is 0 Å². The molecule has 0 bridgehead atoms. The van der Waals surface area contributed by atoms with Crippen LogP contribution >= 0.6 is 0 Å². The molecule has 0 saturated carbocycles. The normalized spacial score (nSPS) is 11.0. The van der Waals surface area contributed by atoms with Gasteiger partial charge < -0.3 is 4.57 Å². The Balaban J connectivity index is 2.63. The number of nitrogens with zero attached hydrogens (tertiary/aromatic N) is 5. The highest BCUT2D eigenvalue weighted by Gasteiger charge is 2.12. The predicted octanol–water partition coefficient (Wildman–Crippen LogP) is 1.92. The molecule has 17 heavy (non-hydrogen) atoms. The number of aryl methyl sites for hydroxylation is 1. The van der Waals surface area contributed by atoms with Crippen LogP contribution in [-0.4, -0.2) is 19.5 Å². The molecular weight excluding hydrogens is 214 g/mol. The Morgan fingerprint density at radius 1 is 1.41 bits per heavy atom. The lowest BCUT2D eigenvalue weighted by molar-refractivity contribution is 0.516. The van der Waals surface area contributed by atoms with Crippen molar-refractivity contribution >= 4 is 11.2 Å². The molecule has 0 fully saturated rings. The van der Waals surface area contributed by atoms with E-state index >= 15 is 0 Å². The SMILES string of the molecule is CCc1nc2cnc(C#N)nc2n1CC(C)C. The number of hydrogen-bond donors (Lipinski definition) is 0. The van der Waals surface area contributed by atoms with Gasteiger partial charge in [0.15, 0.2) is 5.65 Å². The molecule has 0 aliphatic heterocycles. The Kier molecular flexibility index (Phi) is 3.05. The Morgan fingerprint density at radius 3 is 2.76 bits per heavy atom. The molecule has 0 unspecified atom stereocenters. The van der Waals surface area contributed by atoms with Gasteiger partial charge in [0.2, 0.25) is 5.82 Å². The van der Waals surface area contributed by atoms with Crippen LogP contribution in [0.1, 0.15) is 32.4 Å². The fourth-order valence-electron chi connectivity index (χ4n) is 1.85. The highest BCUT2D eigenvalue weighted by molar-refractivity contribution is 5.70. The maximum absolute atomic E-state index is 8.83. The van der Waals surface area contributed by atoms with Gasteiger partial charge in [0.25, 0.3) is 0 Å². The number of imidazole rings is 1. The van der Waals surface area contributed by atoms with E-state index in [-0.39, 0.29) is 5.82 Å².